The average Bonchev–Trinajstić information content (AvgIpc) is 2.44. The van der Waals surface area contributed by atoms with Crippen molar-refractivity contribution in [3.05, 3.63) is 35.9 Å². The van der Waals surface area contributed by atoms with Crippen LogP contribution in [-0.4, -0.2) is 37.9 Å². The molecule has 0 saturated heterocycles. The lowest BCUT2D eigenvalue weighted by atomic mass is 10.1. The minimum Gasteiger partial charge on any atom is -0.444 e. The van der Waals surface area contributed by atoms with Crippen molar-refractivity contribution in [2.24, 2.45) is 0 Å². The molecule has 0 fully saturated rings. The van der Waals surface area contributed by atoms with Crippen molar-refractivity contribution in [3.63, 3.8) is 0 Å². The van der Waals surface area contributed by atoms with Crippen LogP contribution >= 0.6 is 0 Å². The van der Waals surface area contributed by atoms with Gasteiger partial charge in [-0.1, -0.05) is 30.3 Å². The van der Waals surface area contributed by atoms with Gasteiger partial charge in [0.15, 0.2) is 0 Å². The molecule has 0 aliphatic carbocycles. The van der Waals surface area contributed by atoms with Gasteiger partial charge in [0, 0.05) is 13.7 Å². The molecule has 1 unspecified atom stereocenters. The number of carbonyl (C=O) groups excluding carboxylic acids is 2. The first kappa shape index (κ1) is 18.0. The van der Waals surface area contributed by atoms with Crippen LogP contribution in [0.1, 0.15) is 32.4 Å². The van der Waals surface area contributed by atoms with E-state index >= 15 is 0 Å². The van der Waals surface area contributed by atoms with E-state index in [1.807, 2.05) is 18.2 Å². The van der Waals surface area contributed by atoms with Crippen molar-refractivity contribution in [1.29, 1.82) is 0 Å². The quantitative estimate of drug-likeness (QED) is 0.788. The van der Waals surface area contributed by atoms with Gasteiger partial charge < -0.3 is 20.1 Å². The predicted molar refractivity (Wildman–Crippen MR) is 83.4 cm³/mol. The summed E-state index contributed by atoms with van der Waals surface area (Å²) in [6.07, 6.45) is -0.636. The van der Waals surface area contributed by atoms with Crippen molar-refractivity contribution < 1.29 is 19.1 Å². The molecule has 6 heteroatoms. The van der Waals surface area contributed by atoms with Gasteiger partial charge in [-0.15, -0.1) is 0 Å². The average molecular weight is 308 g/mol. The van der Waals surface area contributed by atoms with E-state index in [0.717, 1.165) is 0 Å². The molecule has 0 spiro atoms. The molecule has 0 radical (unpaired) electrons. The maximum Gasteiger partial charge on any atom is 0.408 e. The lowest BCUT2D eigenvalue weighted by Gasteiger charge is -2.23. The molecule has 1 atom stereocenters. The molecule has 1 rings (SSSR count). The van der Waals surface area contributed by atoms with Gasteiger partial charge >= 0.3 is 6.09 Å². The number of carbonyl (C=O) groups is 2. The predicted octanol–water partition coefficient (Wildman–Crippen LogP) is 2.01. The van der Waals surface area contributed by atoms with Gasteiger partial charge in [0.1, 0.15) is 11.6 Å². The van der Waals surface area contributed by atoms with Crippen molar-refractivity contribution in [2.75, 3.05) is 20.3 Å². The van der Waals surface area contributed by atoms with Crippen LogP contribution in [0.15, 0.2) is 30.3 Å². The number of rotatable bonds is 6. The van der Waals surface area contributed by atoms with Gasteiger partial charge in [-0.3, -0.25) is 4.79 Å². The third-order valence-corrected chi connectivity index (χ3v) is 2.66. The number of amides is 2. The molecule has 2 amide bonds. The molecule has 0 bridgehead atoms. The summed E-state index contributed by atoms with van der Waals surface area (Å²) in [6, 6.07) is 8.20. The molecular formula is C16H24N2O4. The molecule has 2 N–H and O–H groups in total. The number of methoxy groups -OCH3 is 1. The number of nitrogens with one attached hydrogen (secondary N) is 2. The Labute approximate surface area is 131 Å². The van der Waals surface area contributed by atoms with Gasteiger partial charge in [0.25, 0.3) is 0 Å². The smallest absolute Gasteiger partial charge is 0.408 e. The summed E-state index contributed by atoms with van der Waals surface area (Å²) in [5.41, 5.74) is 0.0565. The number of benzene rings is 1. The van der Waals surface area contributed by atoms with Crippen LogP contribution in [0.2, 0.25) is 0 Å². The monoisotopic (exact) mass is 308 g/mol. The lowest BCUT2D eigenvalue weighted by molar-refractivity contribution is -0.123. The van der Waals surface area contributed by atoms with Crippen LogP contribution < -0.4 is 10.6 Å². The van der Waals surface area contributed by atoms with Crippen molar-refractivity contribution in [3.8, 4) is 0 Å². The molecule has 22 heavy (non-hydrogen) atoms. The summed E-state index contributed by atoms with van der Waals surface area (Å²) in [5, 5.41) is 5.32. The summed E-state index contributed by atoms with van der Waals surface area (Å²) in [5.74, 6) is -0.311. The zero-order valence-corrected chi connectivity index (χ0v) is 13.5. The minimum absolute atomic E-state index is 0.311. The summed E-state index contributed by atoms with van der Waals surface area (Å²) in [4.78, 5) is 24.2. The summed E-state index contributed by atoms with van der Waals surface area (Å²) in [6.45, 7) is 6.07. The maximum atomic E-state index is 12.3. The van der Waals surface area contributed by atoms with Crippen molar-refractivity contribution in [1.82, 2.24) is 10.6 Å². The van der Waals surface area contributed by atoms with Crippen molar-refractivity contribution in [2.45, 2.75) is 32.4 Å². The van der Waals surface area contributed by atoms with Gasteiger partial charge in [-0.2, -0.15) is 0 Å². The third-order valence-electron chi connectivity index (χ3n) is 2.66. The second-order valence-electron chi connectivity index (χ2n) is 5.77. The SMILES string of the molecule is COCCNC(=O)C(NC(=O)OC(C)(C)C)c1ccccc1. The molecule has 0 aromatic heterocycles. The molecule has 0 aliphatic heterocycles. The van der Waals surface area contributed by atoms with Gasteiger partial charge in [0.05, 0.1) is 6.61 Å². The highest BCUT2D eigenvalue weighted by Gasteiger charge is 2.25. The van der Waals surface area contributed by atoms with Crippen LogP contribution in [0.25, 0.3) is 0 Å². The van der Waals surface area contributed by atoms with Gasteiger partial charge in [0.2, 0.25) is 5.91 Å². The third kappa shape index (κ3) is 6.58. The second-order valence-corrected chi connectivity index (χ2v) is 5.77. The van der Waals surface area contributed by atoms with E-state index in [2.05, 4.69) is 10.6 Å². The van der Waals surface area contributed by atoms with E-state index in [9.17, 15) is 9.59 Å². The summed E-state index contributed by atoms with van der Waals surface area (Å²) < 4.78 is 10.1. The Morgan fingerprint density at radius 1 is 1.18 bits per heavy atom. The first-order valence-corrected chi connectivity index (χ1v) is 7.14. The Hall–Kier alpha value is -2.08. The second kappa shape index (κ2) is 8.38. The highest BCUT2D eigenvalue weighted by atomic mass is 16.6. The molecule has 6 nitrogen and oxygen atoms in total. The fourth-order valence-electron chi connectivity index (χ4n) is 1.75. The Bertz CT molecular complexity index is 483. The van der Waals surface area contributed by atoms with Gasteiger partial charge in [-0.25, -0.2) is 4.79 Å². The first-order chi connectivity index (χ1) is 10.3. The number of hydrogen-bond donors (Lipinski definition) is 2. The van der Waals surface area contributed by atoms with E-state index in [1.165, 1.54) is 0 Å². The van der Waals surface area contributed by atoms with Crippen LogP contribution in [0.4, 0.5) is 4.79 Å². The van der Waals surface area contributed by atoms with Gasteiger partial charge in [-0.05, 0) is 26.3 Å². The van der Waals surface area contributed by atoms with Crippen LogP contribution in [0.5, 0.6) is 0 Å². The van der Waals surface area contributed by atoms with Crippen LogP contribution in [0, 0.1) is 0 Å². The number of hydrogen-bond acceptors (Lipinski definition) is 4. The van der Waals surface area contributed by atoms with Crippen molar-refractivity contribution >= 4 is 12.0 Å². The fraction of sp³-hybridized carbons (Fsp3) is 0.500. The molecule has 1 aromatic rings. The molecule has 0 heterocycles. The highest BCUT2D eigenvalue weighted by molar-refractivity contribution is 5.86. The standard InChI is InChI=1S/C16H24N2O4/c1-16(2,3)22-15(20)18-13(12-8-6-5-7-9-12)14(19)17-10-11-21-4/h5-9,13H,10-11H2,1-4H3,(H,17,19)(H,18,20). The normalized spacial score (nSPS) is 12.4. The first-order valence-electron chi connectivity index (χ1n) is 7.14. The Morgan fingerprint density at radius 2 is 1.82 bits per heavy atom. The summed E-state index contributed by atoms with van der Waals surface area (Å²) >= 11 is 0. The largest absolute Gasteiger partial charge is 0.444 e. The summed E-state index contributed by atoms with van der Waals surface area (Å²) in [7, 11) is 1.56. The van der Waals surface area contributed by atoms with E-state index in [4.69, 9.17) is 9.47 Å². The van der Waals surface area contributed by atoms with E-state index in [1.54, 1.807) is 40.0 Å². The lowest BCUT2D eigenvalue weighted by Crippen LogP contribution is -2.43. The van der Waals surface area contributed by atoms with E-state index in [0.29, 0.717) is 18.7 Å². The highest BCUT2D eigenvalue weighted by Crippen LogP contribution is 2.14. The zero-order chi connectivity index (χ0) is 16.6. The molecule has 122 valence electrons. The maximum absolute atomic E-state index is 12.3. The molecule has 1 aromatic carbocycles. The Morgan fingerprint density at radius 3 is 2.36 bits per heavy atom. The van der Waals surface area contributed by atoms with E-state index in [-0.39, 0.29) is 5.91 Å². The number of ether oxygens (including phenoxy) is 2. The van der Waals surface area contributed by atoms with E-state index < -0.39 is 17.7 Å². The minimum atomic E-state index is -0.812. The Kier molecular flexibility index (Phi) is 6.85. The van der Waals surface area contributed by atoms with Crippen LogP contribution in [0.3, 0.4) is 0 Å². The molecular weight excluding hydrogens is 284 g/mol. The number of alkyl carbamates (subject to hydrolysis) is 1. The Balaban J connectivity index is 2.79. The molecule has 0 aliphatic rings. The topological polar surface area (TPSA) is 76.7 Å². The fourth-order valence-corrected chi connectivity index (χ4v) is 1.75. The molecule has 0 saturated carbocycles. The van der Waals surface area contributed by atoms with Crippen LogP contribution in [-0.2, 0) is 14.3 Å². The zero-order valence-electron chi connectivity index (χ0n) is 13.5.